The monoisotopic (exact) mass is 464 g/mol. The van der Waals surface area contributed by atoms with Crippen molar-refractivity contribution >= 4 is 17.5 Å². The van der Waals surface area contributed by atoms with Gasteiger partial charge in [0, 0.05) is 11.8 Å². The Morgan fingerprint density at radius 1 is 1.24 bits per heavy atom. The SMILES string of the molecule is Cc1nc2c(OCC3CCCCC3)cccn2c1C(=O)N[C@@](C)(CO)c1cccc(C(N)=O)c1. The highest BCUT2D eigenvalue weighted by molar-refractivity contribution is 5.96. The number of nitrogens with one attached hydrogen (secondary N) is 1. The van der Waals surface area contributed by atoms with Crippen LogP contribution in [0, 0.1) is 12.8 Å². The number of aliphatic hydroxyl groups excluding tert-OH is 1. The van der Waals surface area contributed by atoms with Crippen LogP contribution in [0.2, 0.25) is 0 Å². The summed E-state index contributed by atoms with van der Waals surface area (Å²) in [4.78, 5) is 29.6. The van der Waals surface area contributed by atoms with E-state index in [1.165, 1.54) is 32.1 Å². The molecular weight excluding hydrogens is 432 g/mol. The van der Waals surface area contributed by atoms with E-state index in [0.717, 1.165) is 0 Å². The number of fused-ring (bicyclic) bond motifs is 1. The largest absolute Gasteiger partial charge is 0.489 e. The van der Waals surface area contributed by atoms with Gasteiger partial charge < -0.3 is 20.9 Å². The molecule has 1 atom stereocenters. The van der Waals surface area contributed by atoms with Gasteiger partial charge >= 0.3 is 0 Å². The van der Waals surface area contributed by atoms with Crippen LogP contribution in [0.5, 0.6) is 5.75 Å². The molecule has 4 rings (SSSR count). The van der Waals surface area contributed by atoms with E-state index in [4.69, 9.17) is 10.5 Å². The summed E-state index contributed by atoms with van der Waals surface area (Å²) in [6.07, 6.45) is 7.93. The van der Waals surface area contributed by atoms with Crippen LogP contribution < -0.4 is 15.8 Å². The maximum Gasteiger partial charge on any atom is 0.270 e. The van der Waals surface area contributed by atoms with E-state index in [1.807, 2.05) is 12.1 Å². The predicted molar refractivity (Wildman–Crippen MR) is 129 cm³/mol. The number of nitrogens with zero attached hydrogens (tertiary/aromatic N) is 2. The number of aryl methyl sites for hydroxylation is 1. The standard InChI is InChI=1S/C26H32N4O4/c1-17-22(25(33)29-26(2,16-31)20-11-6-10-19(14-20)23(27)32)30-13-7-12-21(24(30)28-17)34-15-18-8-4-3-5-9-18/h6-7,10-14,18,31H,3-5,8-9,15-16H2,1-2H3,(H2,27,32)(H,29,33)/t26-/m0/s1. The minimum atomic E-state index is -1.13. The zero-order valence-corrected chi connectivity index (χ0v) is 19.7. The number of carbonyl (C=O) groups excluding carboxylic acids is 2. The molecule has 8 heteroatoms. The van der Waals surface area contributed by atoms with Gasteiger partial charge in [0.2, 0.25) is 5.91 Å². The molecule has 1 saturated carbocycles. The van der Waals surface area contributed by atoms with Crippen LogP contribution in [0.25, 0.3) is 5.65 Å². The molecule has 0 spiro atoms. The van der Waals surface area contributed by atoms with Gasteiger partial charge in [0.05, 0.1) is 24.4 Å². The lowest BCUT2D eigenvalue weighted by atomic mass is 9.90. The molecule has 4 N–H and O–H groups in total. The van der Waals surface area contributed by atoms with Crippen molar-refractivity contribution in [3.05, 3.63) is 65.1 Å². The molecule has 180 valence electrons. The van der Waals surface area contributed by atoms with E-state index in [1.54, 1.807) is 48.7 Å². The maximum atomic E-state index is 13.4. The summed E-state index contributed by atoms with van der Waals surface area (Å²) >= 11 is 0. The Labute approximate surface area is 199 Å². The van der Waals surface area contributed by atoms with Gasteiger partial charge in [0.25, 0.3) is 5.91 Å². The lowest BCUT2D eigenvalue weighted by Gasteiger charge is -2.29. The number of hydrogen-bond acceptors (Lipinski definition) is 5. The molecule has 0 bridgehead atoms. The third kappa shape index (κ3) is 4.77. The number of nitrogens with two attached hydrogens (primary N) is 1. The second-order valence-corrected chi connectivity index (χ2v) is 9.32. The lowest BCUT2D eigenvalue weighted by Crippen LogP contribution is -2.47. The van der Waals surface area contributed by atoms with E-state index in [-0.39, 0.29) is 6.61 Å². The number of aromatic nitrogens is 2. The van der Waals surface area contributed by atoms with Crippen LogP contribution in [-0.4, -0.2) is 39.5 Å². The second-order valence-electron chi connectivity index (χ2n) is 9.32. The summed E-state index contributed by atoms with van der Waals surface area (Å²) in [5.74, 6) is 0.228. The number of primary amides is 1. The Hall–Kier alpha value is -3.39. The van der Waals surface area contributed by atoms with Crippen LogP contribution in [0.3, 0.4) is 0 Å². The minimum absolute atomic E-state index is 0.303. The maximum absolute atomic E-state index is 13.4. The highest BCUT2D eigenvalue weighted by Gasteiger charge is 2.31. The number of benzene rings is 1. The number of amides is 2. The fourth-order valence-corrected chi connectivity index (χ4v) is 4.63. The first kappa shape index (κ1) is 23.8. The number of imidazole rings is 1. The van der Waals surface area contributed by atoms with Gasteiger partial charge in [0.1, 0.15) is 5.69 Å². The number of ether oxygens (including phenoxy) is 1. The number of pyridine rings is 1. The van der Waals surface area contributed by atoms with Crippen molar-refractivity contribution in [2.24, 2.45) is 11.7 Å². The van der Waals surface area contributed by atoms with E-state index in [0.29, 0.717) is 46.4 Å². The molecule has 0 aliphatic heterocycles. The van der Waals surface area contributed by atoms with E-state index in [9.17, 15) is 14.7 Å². The topological polar surface area (TPSA) is 119 Å². The molecule has 2 aromatic heterocycles. The van der Waals surface area contributed by atoms with Crippen molar-refractivity contribution < 1.29 is 19.4 Å². The van der Waals surface area contributed by atoms with Crippen LogP contribution in [0.1, 0.15) is 71.1 Å². The number of hydrogen-bond donors (Lipinski definition) is 3. The smallest absolute Gasteiger partial charge is 0.270 e. The first-order valence-corrected chi connectivity index (χ1v) is 11.8. The molecule has 3 aromatic rings. The summed E-state index contributed by atoms with van der Waals surface area (Å²) in [6, 6.07) is 10.3. The summed E-state index contributed by atoms with van der Waals surface area (Å²) in [5, 5.41) is 13.1. The fourth-order valence-electron chi connectivity index (χ4n) is 4.63. The second kappa shape index (κ2) is 9.85. The van der Waals surface area contributed by atoms with Crippen LogP contribution in [0.15, 0.2) is 42.6 Å². The summed E-state index contributed by atoms with van der Waals surface area (Å²) in [6.45, 7) is 3.75. The Kier molecular flexibility index (Phi) is 6.88. The molecule has 2 amide bonds. The van der Waals surface area contributed by atoms with Crippen molar-refractivity contribution in [3.8, 4) is 5.75 Å². The first-order valence-electron chi connectivity index (χ1n) is 11.8. The number of carbonyl (C=O) groups is 2. The van der Waals surface area contributed by atoms with Crippen molar-refractivity contribution in [2.45, 2.75) is 51.5 Å². The number of rotatable bonds is 8. The molecule has 2 heterocycles. The lowest BCUT2D eigenvalue weighted by molar-refractivity contribution is 0.0843. The molecule has 8 nitrogen and oxygen atoms in total. The van der Waals surface area contributed by atoms with Crippen molar-refractivity contribution in [3.63, 3.8) is 0 Å². The number of aliphatic hydroxyl groups is 1. The molecule has 34 heavy (non-hydrogen) atoms. The normalized spacial score (nSPS) is 16.2. The zero-order chi connectivity index (χ0) is 24.3. The Bertz CT molecular complexity index is 1200. The Morgan fingerprint density at radius 3 is 2.71 bits per heavy atom. The molecule has 1 fully saturated rings. The van der Waals surface area contributed by atoms with Gasteiger partial charge in [-0.05, 0) is 62.4 Å². The van der Waals surface area contributed by atoms with Gasteiger partial charge in [-0.15, -0.1) is 0 Å². The first-order chi connectivity index (χ1) is 16.3. The van der Waals surface area contributed by atoms with Gasteiger partial charge in [0.15, 0.2) is 11.4 Å². The van der Waals surface area contributed by atoms with Crippen LogP contribution in [-0.2, 0) is 5.54 Å². The van der Waals surface area contributed by atoms with Crippen molar-refractivity contribution in [1.29, 1.82) is 0 Å². The molecule has 1 aliphatic carbocycles. The Morgan fingerprint density at radius 2 is 2.00 bits per heavy atom. The van der Waals surface area contributed by atoms with Gasteiger partial charge in [-0.1, -0.05) is 31.4 Å². The minimum Gasteiger partial charge on any atom is -0.489 e. The molecule has 1 aromatic carbocycles. The summed E-state index contributed by atoms with van der Waals surface area (Å²) < 4.78 is 7.86. The molecule has 0 unspecified atom stereocenters. The quantitative estimate of drug-likeness (QED) is 0.472. The summed E-state index contributed by atoms with van der Waals surface area (Å²) in [5.41, 5.74) is 6.65. The fraction of sp³-hybridized carbons (Fsp3) is 0.423. The molecule has 0 saturated heterocycles. The van der Waals surface area contributed by atoms with Crippen LogP contribution in [0.4, 0.5) is 0 Å². The predicted octanol–water partition coefficient (Wildman–Crippen LogP) is 3.34. The third-order valence-corrected chi connectivity index (χ3v) is 6.69. The van der Waals surface area contributed by atoms with E-state index < -0.39 is 17.4 Å². The van der Waals surface area contributed by atoms with Crippen molar-refractivity contribution in [1.82, 2.24) is 14.7 Å². The van der Waals surface area contributed by atoms with Gasteiger partial charge in [-0.2, -0.15) is 0 Å². The van der Waals surface area contributed by atoms with Gasteiger partial charge in [-0.3, -0.25) is 14.0 Å². The summed E-state index contributed by atoms with van der Waals surface area (Å²) in [7, 11) is 0. The van der Waals surface area contributed by atoms with Gasteiger partial charge in [-0.25, -0.2) is 4.98 Å². The van der Waals surface area contributed by atoms with Crippen molar-refractivity contribution in [2.75, 3.05) is 13.2 Å². The average molecular weight is 465 g/mol. The molecule has 0 radical (unpaired) electrons. The highest BCUT2D eigenvalue weighted by Crippen LogP contribution is 2.28. The van der Waals surface area contributed by atoms with E-state index in [2.05, 4.69) is 10.3 Å². The highest BCUT2D eigenvalue weighted by atomic mass is 16.5. The Balaban J connectivity index is 1.60. The zero-order valence-electron chi connectivity index (χ0n) is 19.7. The van der Waals surface area contributed by atoms with E-state index >= 15 is 0 Å². The molecule has 1 aliphatic rings. The third-order valence-electron chi connectivity index (χ3n) is 6.69. The average Bonchev–Trinajstić information content (AvgIpc) is 3.19. The van der Waals surface area contributed by atoms with Crippen LogP contribution >= 0.6 is 0 Å². The molecular formula is C26H32N4O4.